The van der Waals surface area contributed by atoms with Crippen LogP contribution in [0.1, 0.15) is 43.1 Å². The Bertz CT molecular complexity index is 1110. The third kappa shape index (κ3) is 10.3. The molecule has 34 heavy (non-hydrogen) atoms. The second kappa shape index (κ2) is 11.5. The van der Waals surface area contributed by atoms with Crippen LogP contribution in [0.15, 0.2) is 48.5 Å². The van der Waals surface area contributed by atoms with Gasteiger partial charge in [-0.3, -0.25) is 14.3 Å². The highest BCUT2D eigenvalue weighted by Gasteiger charge is 2.16. The molecule has 0 saturated heterocycles. The van der Waals surface area contributed by atoms with Crippen LogP contribution in [0.2, 0.25) is 0 Å². The Morgan fingerprint density at radius 3 is 2.03 bits per heavy atom. The van der Waals surface area contributed by atoms with Gasteiger partial charge in [0.15, 0.2) is 0 Å². The van der Waals surface area contributed by atoms with E-state index >= 15 is 0 Å². The summed E-state index contributed by atoms with van der Waals surface area (Å²) in [5, 5.41) is 8.04. The standard InChI is InChI=1S/C23H30N4O6S/c1-23(2,3)33-22(30)24-14-13-20(28)26-18-9-5-16(6-10-18)15-25-21(29)17-7-11-19(12-8-17)27-34(4,31)32/h5-12,27H,13-15H2,1-4H3,(H,24,30)(H,25,29)(H,26,28). The molecule has 0 aliphatic heterocycles. The Morgan fingerprint density at radius 1 is 0.882 bits per heavy atom. The summed E-state index contributed by atoms with van der Waals surface area (Å²) in [6.07, 6.45) is 0.567. The van der Waals surface area contributed by atoms with Crippen LogP contribution in [-0.4, -0.2) is 44.7 Å². The molecular formula is C23H30N4O6S. The quantitative estimate of drug-likeness (QED) is 0.426. The molecule has 0 fully saturated rings. The van der Waals surface area contributed by atoms with Crippen molar-refractivity contribution in [2.75, 3.05) is 22.8 Å². The van der Waals surface area contributed by atoms with Gasteiger partial charge >= 0.3 is 6.09 Å². The molecule has 0 aromatic heterocycles. The zero-order chi connectivity index (χ0) is 25.4. The Kier molecular flexibility index (Phi) is 9.02. The molecule has 11 heteroatoms. The molecule has 3 amide bonds. The van der Waals surface area contributed by atoms with Gasteiger partial charge in [-0.05, 0) is 62.7 Å². The van der Waals surface area contributed by atoms with Crippen LogP contribution in [0.4, 0.5) is 16.2 Å². The van der Waals surface area contributed by atoms with Gasteiger partial charge in [-0.15, -0.1) is 0 Å². The van der Waals surface area contributed by atoms with Gasteiger partial charge in [0, 0.05) is 36.4 Å². The van der Waals surface area contributed by atoms with Gasteiger partial charge in [0.05, 0.1) is 6.26 Å². The number of hydrogen-bond acceptors (Lipinski definition) is 6. The van der Waals surface area contributed by atoms with Crippen molar-refractivity contribution < 1.29 is 27.5 Å². The number of nitrogens with one attached hydrogen (secondary N) is 4. The highest BCUT2D eigenvalue weighted by atomic mass is 32.2. The molecule has 4 N–H and O–H groups in total. The molecule has 0 atom stereocenters. The maximum absolute atomic E-state index is 12.3. The summed E-state index contributed by atoms with van der Waals surface area (Å²) in [7, 11) is -3.38. The van der Waals surface area contributed by atoms with Crippen molar-refractivity contribution in [2.24, 2.45) is 0 Å². The van der Waals surface area contributed by atoms with E-state index in [-0.39, 0.29) is 31.3 Å². The highest BCUT2D eigenvalue weighted by Crippen LogP contribution is 2.13. The van der Waals surface area contributed by atoms with Crippen LogP contribution >= 0.6 is 0 Å². The highest BCUT2D eigenvalue weighted by molar-refractivity contribution is 7.92. The van der Waals surface area contributed by atoms with E-state index in [1.807, 2.05) is 0 Å². The number of rotatable bonds is 9. The summed E-state index contributed by atoms with van der Waals surface area (Å²) < 4.78 is 29.9. The van der Waals surface area contributed by atoms with Crippen LogP contribution < -0.4 is 20.7 Å². The summed E-state index contributed by atoms with van der Waals surface area (Å²) in [6, 6.07) is 13.0. The molecule has 0 spiro atoms. The van der Waals surface area contributed by atoms with Crippen molar-refractivity contribution in [3.8, 4) is 0 Å². The first-order valence-electron chi connectivity index (χ1n) is 10.5. The van der Waals surface area contributed by atoms with E-state index in [2.05, 4.69) is 20.7 Å². The number of amides is 3. The molecule has 0 bridgehead atoms. The number of hydrogen-bond donors (Lipinski definition) is 4. The number of alkyl carbamates (subject to hydrolysis) is 1. The molecule has 2 rings (SSSR count). The Morgan fingerprint density at radius 2 is 1.47 bits per heavy atom. The monoisotopic (exact) mass is 490 g/mol. The number of ether oxygens (including phenoxy) is 1. The van der Waals surface area contributed by atoms with E-state index in [0.717, 1.165) is 11.8 Å². The van der Waals surface area contributed by atoms with Crippen LogP contribution in [0, 0.1) is 0 Å². The molecule has 0 saturated carbocycles. The third-order valence-corrected chi connectivity index (χ3v) is 4.77. The van der Waals surface area contributed by atoms with Crippen molar-refractivity contribution in [1.82, 2.24) is 10.6 Å². The van der Waals surface area contributed by atoms with Gasteiger partial charge in [-0.25, -0.2) is 13.2 Å². The first-order chi connectivity index (χ1) is 15.8. The zero-order valence-corrected chi connectivity index (χ0v) is 20.4. The van der Waals surface area contributed by atoms with Crippen molar-refractivity contribution in [3.05, 3.63) is 59.7 Å². The number of benzene rings is 2. The van der Waals surface area contributed by atoms with Crippen LogP contribution in [0.5, 0.6) is 0 Å². The molecular weight excluding hydrogens is 460 g/mol. The summed E-state index contributed by atoms with van der Waals surface area (Å²) >= 11 is 0. The Labute approximate surface area is 199 Å². The largest absolute Gasteiger partial charge is 0.444 e. The first-order valence-corrected chi connectivity index (χ1v) is 12.4. The summed E-state index contributed by atoms with van der Waals surface area (Å²) in [5.41, 5.74) is 1.58. The number of carbonyl (C=O) groups excluding carboxylic acids is 3. The smallest absolute Gasteiger partial charge is 0.407 e. The van der Waals surface area contributed by atoms with E-state index in [9.17, 15) is 22.8 Å². The minimum absolute atomic E-state index is 0.0928. The van der Waals surface area contributed by atoms with E-state index in [4.69, 9.17) is 4.74 Å². The van der Waals surface area contributed by atoms with E-state index < -0.39 is 21.7 Å². The summed E-state index contributed by atoms with van der Waals surface area (Å²) in [4.78, 5) is 35.9. The fraction of sp³-hybridized carbons (Fsp3) is 0.348. The van der Waals surface area contributed by atoms with Crippen molar-refractivity contribution in [3.63, 3.8) is 0 Å². The Hall–Kier alpha value is -3.60. The normalized spacial score (nSPS) is 11.3. The van der Waals surface area contributed by atoms with Gasteiger partial charge in [-0.2, -0.15) is 0 Å². The maximum Gasteiger partial charge on any atom is 0.407 e. The average Bonchev–Trinajstić information content (AvgIpc) is 2.71. The lowest BCUT2D eigenvalue weighted by molar-refractivity contribution is -0.116. The van der Waals surface area contributed by atoms with Crippen LogP contribution in [0.25, 0.3) is 0 Å². The van der Waals surface area contributed by atoms with Gasteiger partial charge < -0.3 is 20.7 Å². The van der Waals surface area contributed by atoms with Gasteiger partial charge in [0.2, 0.25) is 15.9 Å². The van der Waals surface area contributed by atoms with Crippen molar-refractivity contribution >= 4 is 39.3 Å². The predicted molar refractivity (Wildman–Crippen MR) is 130 cm³/mol. The number of anilines is 2. The molecule has 0 aliphatic carbocycles. The lowest BCUT2D eigenvalue weighted by atomic mass is 10.1. The molecule has 10 nitrogen and oxygen atoms in total. The zero-order valence-electron chi connectivity index (χ0n) is 19.6. The molecule has 0 aliphatic rings. The van der Waals surface area contributed by atoms with E-state index in [1.165, 1.54) is 24.3 Å². The van der Waals surface area contributed by atoms with Crippen molar-refractivity contribution in [1.29, 1.82) is 0 Å². The minimum Gasteiger partial charge on any atom is -0.444 e. The molecule has 2 aromatic rings. The fourth-order valence-electron chi connectivity index (χ4n) is 2.71. The molecule has 0 unspecified atom stereocenters. The number of carbonyl (C=O) groups is 3. The average molecular weight is 491 g/mol. The maximum atomic E-state index is 12.3. The van der Waals surface area contributed by atoms with E-state index in [0.29, 0.717) is 16.9 Å². The lowest BCUT2D eigenvalue weighted by Crippen LogP contribution is -2.34. The number of sulfonamides is 1. The van der Waals surface area contributed by atoms with Crippen LogP contribution in [0.3, 0.4) is 0 Å². The van der Waals surface area contributed by atoms with E-state index in [1.54, 1.807) is 45.0 Å². The van der Waals surface area contributed by atoms with Crippen LogP contribution in [-0.2, 0) is 26.1 Å². The Balaban J connectivity index is 1.76. The molecule has 0 heterocycles. The van der Waals surface area contributed by atoms with Gasteiger partial charge in [0.1, 0.15) is 5.60 Å². The molecule has 2 aromatic carbocycles. The SMILES string of the molecule is CC(C)(C)OC(=O)NCCC(=O)Nc1ccc(CNC(=O)c2ccc(NS(C)(=O)=O)cc2)cc1. The fourth-order valence-corrected chi connectivity index (χ4v) is 3.27. The second-order valence-electron chi connectivity index (χ2n) is 8.56. The second-order valence-corrected chi connectivity index (χ2v) is 10.3. The summed E-state index contributed by atoms with van der Waals surface area (Å²) in [6.45, 7) is 5.69. The predicted octanol–water partition coefficient (Wildman–Crippen LogP) is 2.84. The summed E-state index contributed by atoms with van der Waals surface area (Å²) in [5.74, 6) is -0.563. The van der Waals surface area contributed by atoms with Crippen molar-refractivity contribution in [2.45, 2.75) is 39.3 Å². The third-order valence-electron chi connectivity index (χ3n) is 4.16. The molecule has 184 valence electrons. The van der Waals surface area contributed by atoms with Gasteiger partial charge in [-0.1, -0.05) is 12.1 Å². The minimum atomic E-state index is -3.38. The molecule has 0 radical (unpaired) electrons. The first kappa shape index (κ1) is 26.7. The van der Waals surface area contributed by atoms with Gasteiger partial charge in [0.25, 0.3) is 5.91 Å². The lowest BCUT2D eigenvalue weighted by Gasteiger charge is -2.19. The topological polar surface area (TPSA) is 143 Å².